The van der Waals surface area contributed by atoms with Crippen molar-refractivity contribution in [3.8, 4) is 0 Å². The standard InChI is InChI=1S/C15H17N3O3/c1-17(14(19)11-18-9-4-8-16-18)10-7-12-5-2-3-6-13(12)15(20)21/h2-6,8-9H,7,10-11H2,1H3,(H,20,21). The van der Waals surface area contributed by atoms with Gasteiger partial charge in [0.15, 0.2) is 0 Å². The van der Waals surface area contributed by atoms with Gasteiger partial charge in [0.1, 0.15) is 6.54 Å². The summed E-state index contributed by atoms with van der Waals surface area (Å²) >= 11 is 0. The second-order valence-electron chi connectivity index (χ2n) is 4.73. The van der Waals surface area contributed by atoms with E-state index in [9.17, 15) is 9.59 Å². The Morgan fingerprint density at radius 1 is 1.29 bits per heavy atom. The molecule has 0 spiro atoms. The van der Waals surface area contributed by atoms with Gasteiger partial charge in [-0.1, -0.05) is 18.2 Å². The lowest BCUT2D eigenvalue weighted by Gasteiger charge is -2.17. The van der Waals surface area contributed by atoms with Crippen LogP contribution >= 0.6 is 0 Å². The zero-order valence-electron chi connectivity index (χ0n) is 11.8. The molecule has 1 amide bonds. The molecule has 0 bridgehead atoms. The van der Waals surface area contributed by atoms with E-state index < -0.39 is 5.97 Å². The maximum absolute atomic E-state index is 12.0. The molecule has 0 saturated carbocycles. The smallest absolute Gasteiger partial charge is 0.335 e. The van der Waals surface area contributed by atoms with Crippen LogP contribution in [-0.2, 0) is 17.8 Å². The van der Waals surface area contributed by atoms with Gasteiger partial charge in [-0.2, -0.15) is 5.10 Å². The van der Waals surface area contributed by atoms with Gasteiger partial charge in [-0.15, -0.1) is 0 Å². The molecular formula is C15H17N3O3. The van der Waals surface area contributed by atoms with Crippen molar-refractivity contribution in [1.29, 1.82) is 0 Å². The monoisotopic (exact) mass is 287 g/mol. The Kier molecular flexibility index (Phi) is 4.71. The third-order valence-corrected chi connectivity index (χ3v) is 3.25. The van der Waals surface area contributed by atoms with Crippen molar-refractivity contribution in [2.75, 3.05) is 13.6 Å². The summed E-state index contributed by atoms with van der Waals surface area (Å²) in [6, 6.07) is 8.60. The van der Waals surface area contributed by atoms with Crippen LogP contribution in [0.1, 0.15) is 15.9 Å². The van der Waals surface area contributed by atoms with Crippen LogP contribution in [0.5, 0.6) is 0 Å². The number of benzene rings is 1. The van der Waals surface area contributed by atoms with Crippen LogP contribution in [0.2, 0.25) is 0 Å². The second-order valence-corrected chi connectivity index (χ2v) is 4.73. The molecule has 0 aliphatic rings. The van der Waals surface area contributed by atoms with Crippen LogP contribution in [0.4, 0.5) is 0 Å². The first-order valence-electron chi connectivity index (χ1n) is 6.60. The number of carbonyl (C=O) groups excluding carboxylic acids is 1. The first kappa shape index (κ1) is 14.8. The van der Waals surface area contributed by atoms with E-state index in [2.05, 4.69) is 5.10 Å². The summed E-state index contributed by atoms with van der Waals surface area (Å²) in [6.45, 7) is 0.647. The molecular weight excluding hydrogens is 270 g/mol. The fourth-order valence-electron chi connectivity index (χ4n) is 2.01. The fourth-order valence-corrected chi connectivity index (χ4v) is 2.01. The summed E-state index contributed by atoms with van der Waals surface area (Å²) in [7, 11) is 1.70. The van der Waals surface area contributed by atoms with E-state index in [0.29, 0.717) is 13.0 Å². The normalized spacial score (nSPS) is 10.3. The molecule has 1 aromatic heterocycles. The molecule has 0 saturated heterocycles. The molecule has 0 aliphatic carbocycles. The van der Waals surface area contributed by atoms with Crippen LogP contribution in [0, 0.1) is 0 Å². The summed E-state index contributed by atoms with van der Waals surface area (Å²) in [4.78, 5) is 24.7. The maximum Gasteiger partial charge on any atom is 0.335 e. The van der Waals surface area contributed by atoms with Gasteiger partial charge in [0.05, 0.1) is 5.56 Å². The zero-order valence-corrected chi connectivity index (χ0v) is 11.8. The molecule has 2 rings (SSSR count). The Morgan fingerprint density at radius 2 is 2.05 bits per heavy atom. The van der Waals surface area contributed by atoms with E-state index in [1.165, 1.54) is 0 Å². The summed E-state index contributed by atoms with van der Waals surface area (Å²) in [6.07, 6.45) is 3.85. The predicted octanol–water partition coefficient (Wildman–Crippen LogP) is 1.28. The minimum atomic E-state index is -0.948. The number of likely N-dealkylation sites (N-methyl/N-ethyl adjacent to an activating group) is 1. The van der Waals surface area contributed by atoms with Crippen molar-refractivity contribution < 1.29 is 14.7 Å². The minimum Gasteiger partial charge on any atom is -0.478 e. The first-order valence-corrected chi connectivity index (χ1v) is 6.60. The molecule has 2 aromatic rings. The maximum atomic E-state index is 12.0. The Hall–Kier alpha value is -2.63. The average molecular weight is 287 g/mol. The number of aromatic carboxylic acids is 1. The van der Waals surface area contributed by atoms with Gasteiger partial charge in [-0.25, -0.2) is 4.79 Å². The third kappa shape index (κ3) is 3.92. The minimum absolute atomic E-state index is 0.0634. The number of hydrogen-bond acceptors (Lipinski definition) is 3. The molecule has 0 unspecified atom stereocenters. The van der Waals surface area contributed by atoms with E-state index in [1.54, 1.807) is 59.4 Å². The van der Waals surface area contributed by atoms with Crippen LogP contribution in [0.15, 0.2) is 42.7 Å². The molecule has 0 radical (unpaired) electrons. The highest BCUT2D eigenvalue weighted by Crippen LogP contribution is 2.10. The molecule has 0 atom stereocenters. The molecule has 6 nitrogen and oxygen atoms in total. The summed E-state index contributed by atoms with van der Waals surface area (Å²) in [5.41, 5.74) is 1.01. The largest absolute Gasteiger partial charge is 0.478 e. The van der Waals surface area contributed by atoms with Crippen molar-refractivity contribution in [3.63, 3.8) is 0 Å². The van der Waals surface area contributed by atoms with Crippen LogP contribution < -0.4 is 0 Å². The van der Waals surface area contributed by atoms with Gasteiger partial charge in [0, 0.05) is 26.0 Å². The van der Waals surface area contributed by atoms with Crippen molar-refractivity contribution >= 4 is 11.9 Å². The van der Waals surface area contributed by atoms with Gasteiger partial charge in [-0.3, -0.25) is 9.48 Å². The predicted molar refractivity (Wildman–Crippen MR) is 77.0 cm³/mol. The van der Waals surface area contributed by atoms with Gasteiger partial charge in [-0.05, 0) is 24.1 Å². The van der Waals surface area contributed by atoms with E-state index >= 15 is 0 Å². The lowest BCUT2D eigenvalue weighted by atomic mass is 10.0. The van der Waals surface area contributed by atoms with Gasteiger partial charge in [0.2, 0.25) is 5.91 Å². The Labute approximate surface area is 122 Å². The number of carbonyl (C=O) groups is 2. The molecule has 110 valence electrons. The molecule has 1 heterocycles. The SMILES string of the molecule is CN(CCc1ccccc1C(=O)O)C(=O)Cn1cccn1. The van der Waals surface area contributed by atoms with Crippen LogP contribution in [0.3, 0.4) is 0 Å². The number of hydrogen-bond donors (Lipinski definition) is 1. The van der Waals surface area contributed by atoms with Crippen LogP contribution in [-0.4, -0.2) is 45.3 Å². The summed E-state index contributed by atoms with van der Waals surface area (Å²) in [5, 5.41) is 13.1. The lowest BCUT2D eigenvalue weighted by Crippen LogP contribution is -2.32. The van der Waals surface area contributed by atoms with Gasteiger partial charge < -0.3 is 10.0 Å². The van der Waals surface area contributed by atoms with Gasteiger partial charge in [0.25, 0.3) is 0 Å². The van der Waals surface area contributed by atoms with E-state index in [0.717, 1.165) is 5.56 Å². The first-order chi connectivity index (χ1) is 10.1. The Balaban J connectivity index is 1.93. The molecule has 0 aliphatic heterocycles. The quantitative estimate of drug-likeness (QED) is 0.868. The molecule has 1 aromatic carbocycles. The second kappa shape index (κ2) is 6.69. The topological polar surface area (TPSA) is 75.4 Å². The lowest BCUT2D eigenvalue weighted by molar-refractivity contribution is -0.130. The summed E-state index contributed by atoms with van der Waals surface area (Å²) < 4.78 is 1.56. The van der Waals surface area contributed by atoms with Gasteiger partial charge >= 0.3 is 5.97 Å². The zero-order chi connectivity index (χ0) is 15.2. The summed E-state index contributed by atoms with van der Waals surface area (Å²) in [5.74, 6) is -1.01. The molecule has 6 heteroatoms. The highest BCUT2D eigenvalue weighted by molar-refractivity contribution is 5.89. The molecule has 21 heavy (non-hydrogen) atoms. The number of carboxylic acids is 1. The van der Waals surface area contributed by atoms with E-state index in [1.807, 2.05) is 0 Å². The van der Waals surface area contributed by atoms with Crippen molar-refractivity contribution in [3.05, 3.63) is 53.9 Å². The highest BCUT2D eigenvalue weighted by atomic mass is 16.4. The molecule has 1 N–H and O–H groups in total. The highest BCUT2D eigenvalue weighted by Gasteiger charge is 2.12. The average Bonchev–Trinajstić information content (AvgIpc) is 2.97. The third-order valence-electron chi connectivity index (χ3n) is 3.25. The van der Waals surface area contributed by atoms with E-state index in [-0.39, 0.29) is 18.0 Å². The number of carboxylic acid groups (broad SMARTS) is 1. The number of amides is 1. The number of aromatic nitrogens is 2. The van der Waals surface area contributed by atoms with Crippen molar-refractivity contribution in [2.45, 2.75) is 13.0 Å². The van der Waals surface area contributed by atoms with Crippen molar-refractivity contribution in [1.82, 2.24) is 14.7 Å². The Bertz CT molecular complexity index is 623. The molecule has 0 fully saturated rings. The van der Waals surface area contributed by atoms with E-state index in [4.69, 9.17) is 5.11 Å². The number of nitrogens with zero attached hydrogens (tertiary/aromatic N) is 3. The van der Waals surface area contributed by atoms with Crippen molar-refractivity contribution in [2.24, 2.45) is 0 Å². The fraction of sp³-hybridized carbons (Fsp3) is 0.267. The Morgan fingerprint density at radius 3 is 2.71 bits per heavy atom. The number of rotatable bonds is 6. The van der Waals surface area contributed by atoms with Crippen LogP contribution in [0.25, 0.3) is 0 Å².